The van der Waals surface area contributed by atoms with Gasteiger partial charge in [-0.2, -0.15) is 0 Å². The third-order valence-corrected chi connectivity index (χ3v) is 3.34. The molecule has 0 bridgehead atoms. The Hall–Kier alpha value is -1.42. The van der Waals surface area contributed by atoms with E-state index in [1.807, 2.05) is 19.1 Å². The quantitative estimate of drug-likeness (QED) is 0.885. The molecule has 0 radical (unpaired) electrons. The molecule has 2 N–H and O–H groups in total. The van der Waals surface area contributed by atoms with Crippen molar-refractivity contribution in [3.8, 4) is 0 Å². The van der Waals surface area contributed by atoms with E-state index in [9.17, 15) is 4.79 Å². The Morgan fingerprint density at radius 2 is 2.33 bits per heavy atom. The van der Waals surface area contributed by atoms with Crippen LogP contribution >= 0.6 is 11.6 Å². The molecule has 1 aliphatic rings. The van der Waals surface area contributed by atoms with E-state index in [0.717, 1.165) is 36.4 Å². The molecule has 5 heteroatoms. The van der Waals surface area contributed by atoms with E-state index < -0.39 is 5.97 Å². The number of anilines is 2. The van der Waals surface area contributed by atoms with Crippen LogP contribution in [0.2, 0.25) is 5.02 Å². The minimum Gasteiger partial charge on any atom is -0.481 e. The second-order valence-electron chi connectivity index (χ2n) is 4.53. The molecule has 0 aliphatic carbocycles. The molecule has 0 spiro atoms. The third kappa shape index (κ3) is 2.88. The van der Waals surface area contributed by atoms with E-state index in [1.165, 1.54) is 0 Å². The highest BCUT2D eigenvalue weighted by Gasteiger charge is 2.18. The van der Waals surface area contributed by atoms with Gasteiger partial charge in [0, 0.05) is 24.7 Å². The Morgan fingerprint density at radius 1 is 1.56 bits per heavy atom. The minimum atomic E-state index is -0.771. The van der Waals surface area contributed by atoms with E-state index in [1.54, 1.807) is 0 Å². The van der Waals surface area contributed by atoms with E-state index in [0.29, 0.717) is 11.6 Å². The first-order valence-corrected chi connectivity index (χ1v) is 6.46. The highest BCUT2D eigenvalue weighted by atomic mass is 35.5. The maximum atomic E-state index is 10.7. The summed E-state index contributed by atoms with van der Waals surface area (Å²) in [6.07, 6.45) is 1.14. The van der Waals surface area contributed by atoms with Gasteiger partial charge in [0.1, 0.15) is 0 Å². The van der Waals surface area contributed by atoms with Gasteiger partial charge >= 0.3 is 5.97 Å². The molecule has 0 saturated heterocycles. The number of hydrogen-bond donors (Lipinski definition) is 2. The number of rotatable bonds is 3. The molecule has 0 aromatic heterocycles. The van der Waals surface area contributed by atoms with Gasteiger partial charge in [-0.05, 0) is 31.0 Å². The number of aryl methyl sites for hydroxylation is 1. The lowest BCUT2D eigenvalue weighted by atomic mass is 10.1. The molecule has 0 saturated carbocycles. The number of halogens is 1. The van der Waals surface area contributed by atoms with Crippen LogP contribution in [0.15, 0.2) is 12.1 Å². The summed E-state index contributed by atoms with van der Waals surface area (Å²) < 4.78 is 0. The average molecular weight is 269 g/mol. The van der Waals surface area contributed by atoms with Crippen molar-refractivity contribution in [2.75, 3.05) is 29.9 Å². The maximum Gasteiger partial charge on any atom is 0.305 e. The van der Waals surface area contributed by atoms with Crippen LogP contribution in [0.5, 0.6) is 0 Å². The van der Waals surface area contributed by atoms with E-state index in [2.05, 4.69) is 10.2 Å². The van der Waals surface area contributed by atoms with Gasteiger partial charge in [-0.3, -0.25) is 4.79 Å². The van der Waals surface area contributed by atoms with Crippen molar-refractivity contribution in [1.29, 1.82) is 0 Å². The molecule has 1 aliphatic heterocycles. The Labute approximate surface area is 112 Å². The van der Waals surface area contributed by atoms with Gasteiger partial charge in [0.05, 0.1) is 17.8 Å². The zero-order valence-corrected chi connectivity index (χ0v) is 11.1. The fourth-order valence-electron chi connectivity index (χ4n) is 2.27. The first-order chi connectivity index (χ1) is 8.58. The zero-order chi connectivity index (χ0) is 13.1. The molecule has 0 atom stereocenters. The molecule has 1 aromatic carbocycles. The van der Waals surface area contributed by atoms with Crippen LogP contribution in [-0.2, 0) is 4.79 Å². The summed E-state index contributed by atoms with van der Waals surface area (Å²) in [5, 5.41) is 12.9. The van der Waals surface area contributed by atoms with Crippen molar-refractivity contribution < 1.29 is 9.90 Å². The van der Waals surface area contributed by atoms with Gasteiger partial charge in [0.15, 0.2) is 0 Å². The number of benzene rings is 1. The molecule has 0 unspecified atom stereocenters. The number of fused-ring (bicyclic) bond motifs is 1. The van der Waals surface area contributed by atoms with Crippen LogP contribution in [0.25, 0.3) is 0 Å². The lowest BCUT2D eigenvalue weighted by Crippen LogP contribution is -2.26. The van der Waals surface area contributed by atoms with Crippen molar-refractivity contribution in [2.45, 2.75) is 19.8 Å². The van der Waals surface area contributed by atoms with Gasteiger partial charge in [-0.15, -0.1) is 0 Å². The predicted octanol–water partition coefficient (Wildman–Crippen LogP) is 2.75. The first-order valence-electron chi connectivity index (χ1n) is 6.08. The van der Waals surface area contributed by atoms with Crippen LogP contribution in [0, 0.1) is 6.92 Å². The Kier molecular flexibility index (Phi) is 3.97. The summed E-state index contributed by atoms with van der Waals surface area (Å²) in [6, 6.07) is 3.83. The predicted molar refractivity (Wildman–Crippen MR) is 73.8 cm³/mol. The van der Waals surface area contributed by atoms with Gasteiger partial charge in [-0.25, -0.2) is 0 Å². The minimum absolute atomic E-state index is 0.144. The number of carboxylic acid groups (broad SMARTS) is 1. The Bertz CT molecular complexity index is 463. The van der Waals surface area contributed by atoms with Crippen LogP contribution in [0.4, 0.5) is 11.4 Å². The van der Waals surface area contributed by atoms with Gasteiger partial charge in [-0.1, -0.05) is 11.6 Å². The second-order valence-corrected chi connectivity index (χ2v) is 4.96. The molecule has 0 amide bonds. The molecular formula is C13H17ClN2O2. The number of carbonyl (C=O) groups is 1. The van der Waals surface area contributed by atoms with Gasteiger partial charge in [0.25, 0.3) is 0 Å². The number of nitrogens with one attached hydrogen (secondary N) is 1. The normalized spacial score (nSPS) is 14.7. The fourth-order valence-corrected chi connectivity index (χ4v) is 2.54. The smallest absolute Gasteiger partial charge is 0.305 e. The van der Waals surface area contributed by atoms with Crippen LogP contribution in [0.1, 0.15) is 18.4 Å². The summed E-state index contributed by atoms with van der Waals surface area (Å²) in [5.41, 5.74) is 3.18. The Morgan fingerprint density at radius 3 is 3.06 bits per heavy atom. The van der Waals surface area contributed by atoms with E-state index in [-0.39, 0.29) is 6.42 Å². The maximum absolute atomic E-state index is 10.7. The van der Waals surface area contributed by atoms with Crippen LogP contribution in [-0.4, -0.2) is 30.7 Å². The molecule has 1 aromatic rings. The molecule has 0 fully saturated rings. The molecule has 4 nitrogen and oxygen atoms in total. The van der Waals surface area contributed by atoms with Crippen molar-refractivity contribution in [1.82, 2.24) is 0 Å². The monoisotopic (exact) mass is 268 g/mol. The van der Waals surface area contributed by atoms with Crippen LogP contribution < -0.4 is 10.2 Å². The summed E-state index contributed by atoms with van der Waals surface area (Å²) in [5.74, 6) is -0.771. The van der Waals surface area contributed by atoms with Gasteiger partial charge in [0.2, 0.25) is 0 Å². The number of aliphatic carboxylic acids is 1. The highest BCUT2D eigenvalue weighted by molar-refractivity contribution is 6.31. The summed E-state index contributed by atoms with van der Waals surface area (Å²) in [7, 11) is 0. The zero-order valence-electron chi connectivity index (χ0n) is 10.4. The number of hydrogen-bond acceptors (Lipinski definition) is 3. The topological polar surface area (TPSA) is 52.6 Å². The Balaban J connectivity index is 2.31. The van der Waals surface area contributed by atoms with Crippen molar-refractivity contribution in [3.05, 3.63) is 22.7 Å². The second kappa shape index (κ2) is 5.48. The van der Waals surface area contributed by atoms with Crippen molar-refractivity contribution in [3.63, 3.8) is 0 Å². The first kappa shape index (κ1) is 13.0. The third-order valence-electron chi connectivity index (χ3n) is 3.12. The van der Waals surface area contributed by atoms with Crippen molar-refractivity contribution >= 4 is 28.9 Å². The van der Waals surface area contributed by atoms with Crippen molar-refractivity contribution in [2.24, 2.45) is 0 Å². The summed E-state index contributed by atoms with van der Waals surface area (Å²) in [6.45, 7) is 4.29. The SMILES string of the molecule is Cc1cc(Cl)cc2c1NCCCN2CCC(=O)O. The number of carboxylic acids is 1. The molecule has 18 heavy (non-hydrogen) atoms. The lowest BCUT2D eigenvalue weighted by molar-refractivity contribution is -0.136. The fraction of sp³-hybridized carbons (Fsp3) is 0.462. The average Bonchev–Trinajstić information content (AvgIpc) is 2.48. The molecule has 2 rings (SSSR count). The highest BCUT2D eigenvalue weighted by Crippen LogP contribution is 2.34. The van der Waals surface area contributed by atoms with E-state index >= 15 is 0 Å². The molecule has 98 valence electrons. The van der Waals surface area contributed by atoms with Gasteiger partial charge < -0.3 is 15.3 Å². The molecular weight excluding hydrogens is 252 g/mol. The summed E-state index contributed by atoms with van der Waals surface area (Å²) in [4.78, 5) is 12.8. The standard InChI is InChI=1S/C13H17ClN2O2/c1-9-7-10(14)8-11-13(9)15-4-2-5-16(11)6-3-12(17)18/h7-8,15H,2-6H2,1H3,(H,17,18). The van der Waals surface area contributed by atoms with E-state index in [4.69, 9.17) is 16.7 Å². The summed E-state index contributed by atoms with van der Waals surface area (Å²) >= 11 is 6.09. The number of nitrogens with zero attached hydrogens (tertiary/aromatic N) is 1. The lowest BCUT2D eigenvalue weighted by Gasteiger charge is -2.24. The largest absolute Gasteiger partial charge is 0.481 e. The van der Waals surface area contributed by atoms with Crippen LogP contribution in [0.3, 0.4) is 0 Å². The molecule has 1 heterocycles.